The molecule has 0 radical (unpaired) electrons. The fraction of sp³-hybridized carbons (Fsp3) is 0.429. The van der Waals surface area contributed by atoms with Gasteiger partial charge in [0.1, 0.15) is 6.10 Å². The monoisotopic (exact) mass is 417 g/mol. The van der Waals surface area contributed by atoms with Gasteiger partial charge in [0.15, 0.2) is 0 Å². The van der Waals surface area contributed by atoms with Gasteiger partial charge in [-0.2, -0.15) is 0 Å². The number of hydrogen-bond acceptors (Lipinski definition) is 5. The van der Waals surface area contributed by atoms with Gasteiger partial charge in [-0.1, -0.05) is 6.07 Å². The Hall–Kier alpha value is -2.45. The van der Waals surface area contributed by atoms with E-state index in [1.807, 2.05) is 19.1 Å². The summed E-state index contributed by atoms with van der Waals surface area (Å²) in [6, 6.07) is 9.95. The number of pyridine rings is 1. The largest absolute Gasteiger partial charge is 0.474 e. The van der Waals surface area contributed by atoms with E-state index in [1.54, 1.807) is 18.3 Å². The van der Waals surface area contributed by atoms with Crippen LogP contribution >= 0.6 is 0 Å². The van der Waals surface area contributed by atoms with Crippen molar-refractivity contribution in [3.05, 3.63) is 53.7 Å². The van der Waals surface area contributed by atoms with E-state index >= 15 is 0 Å². The Morgan fingerprint density at radius 2 is 1.72 bits per heavy atom. The predicted molar refractivity (Wildman–Crippen MR) is 110 cm³/mol. The molecule has 0 spiro atoms. The molecule has 3 rings (SSSR count). The van der Waals surface area contributed by atoms with E-state index in [1.165, 1.54) is 26.2 Å². The van der Waals surface area contributed by atoms with Gasteiger partial charge in [0, 0.05) is 38.0 Å². The maximum atomic E-state index is 12.5. The predicted octanol–water partition coefficient (Wildman–Crippen LogP) is 2.76. The highest BCUT2D eigenvalue weighted by Crippen LogP contribution is 2.23. The summed E-state index contributed by atoms with van der Waals surface area (Å²) in [5.74, 6) is 0.444. The van der Waals surface area contributed by atoms with Crippen LogP contribution in [0.2, 0.25) is 0 Å². The first-order chi connectivity index (χ1) is 13.8. The molecule has 0 unspecified atom stereocenters. The van der Waals surface area contributed by atoms with Crippen LogP contribution in [0.4, 0.5) is 0 Å². The smallest absolute Gasteiger partial charge is 0.251 e. The molecular formula is C21H27N3O4S. The molecule has 0 bridgehead atoms. The van der Waals surface area contributed by atoms with Crippen molar-refractivity contribution in [1.29, 1.82) is 0 Å². The van der Waals surface area contributed by atoms with Crippen LogP contribution in [0.3, 0.4) is 0 Å². The van der Waals surface area contributed by atoms with E-state index in [2.05, 4.69) is 10.3 Å². The summed E-state index contributed by atoms with van der Waals surface area (Å²) in [5, 5.41) is 3.04. The molecule has 8 heteroatoms. The average molecular weight is 418 g/mol. The number of ether oxygens (including phenoxy) is 1. The summed E-state index contributed by atoms with van der Waals surface area (Å²) in [4.78, 5) is 16.9. The number of carbonyl (C=O) groups is 1. The van der Waals surface area contributed by atoms with Crippen molar-refractivity contribution in [3.8, 4) is 5.88 Å². The first-order valence-electron chi connectivity index (χ1n) is 9.68. The first kappa shape index (κ1) is 21.3. The summed E-state index contributed by atoms with van der Waals surface area (Å²) >= 11 is 0. The molecule has 2 aromatic rings. The molecular weight excluding hydrogens is 390 g/mol. The van der Waals surface area contributed by atoms with Crippen LogP contribution in [0.15, 0.2) is 47.5 Å². The highest BCUT2D eigenvalue weighted by atomic mass is 32.2. The number of nitrogens with one attached hydrogen (secondary N) is 1. The summed E-state index contributed by atoms with van der Waals surface area (Å²) in [5.41, 5.74) is 1.54. The molecule has 7 nitrogen and oxygen atoms in total. The van der Waals surface area contributed by atoms with Gasteiger partial charge in [0.05, 0.1) is 4.90 Å². The normalized spacial score (nSPS) is 19.7. The van der Waals surface area contributed by atoms with E-state index in [9.17, 15) is 13.2 Å². The molecule has 1 aliphatic rings. The molecule has 29 heavy (non-hydrogen) atoms. The van der Waals surface area contributed by atoms with Gasteiger partial charge < -0.3 is 10.1 Å². The molecule has 1 aromatic carbocycles. The van der Waals surface area contributed by atoms with Crippen LogP contribution < -0.4 is 10.1 Å². The molecule has 1 amide bonds. The van der Waals surface area contributed by atoms with Crippen molar-refractivity contribution in [1.82, 2.24) is 14.6 Å². The fourth-order valence-corrected chi connectivity index (χ4v) is 4.18. The lowest BCUT2D eigenvalue weighted by atomic mass is 9.92. The molecule has 0 atom stereocenters. The number of nitrogens with zero attached hydrogens (tertiary/aromatic N) is 2. The van der Waals surface area contributed by atoms with Gasteiger partial charge in [0.2, 0.25) is 15.9 Å². The van der Waals surface area contributed by atoms with Gasteiger partial charge in [0.25, 0.3) is 5.91 Å². The lowest BCUT2D eigenvalue weighted by Gasteiger charge is -2.29. The van der Waals surface area contributed by atoms with Crippen molar-refractivity contribution in [2.24, 2.45) is 0 Å². The van der Waals surface area contributed by atoms with Crippen LogP contribution in [0, 0.1) is 6.92 Å². The van der Waals surface area contributed by atoms with Crippen molar-refractivity contribution in [2.45, 2.75) is 49.6 Å². The Morgan fingerprint density at radius 1 is 1.07 bits per heavy atom. The lowest BCUT2D eigenvalue weighted by molar-refractivity contribution is 0.0890. The average Bonchev–Trinajstić information content (AvgIpc) is 2.71. The topological polar surface area (TPSA) is 88.6 Å². The molecule has 156 valence electrons. The molecule has 1 fully saturated rings. The highest BCUT2D eigenvalue weighted by molar-refractivity contribution is 7.89. The highest BCUT2D eigenvalue weighted by Gasteiger charge is 2.24. The Balaban J connectivity index is 1.51. The Bertz CT molecular complexity index is 933. The minimum atomic E-state index is -3.50. The van der Waals surface area contributed by atoms with Crippen molar-refractivity contribution in [2.75, 3.05) is 14.1 Å². The fourth-order valence-electron chi connectivity index (χ4n) is 3.28. The molecule has 0 saturated heterocycles. The SMILES string of the molecule is Cc1ccc(OC2CCC(NC(=O)c3ccc(S(=O)(=O)N(C)C)cc3)CC2)nc1. The third kappa shape index (κ3) is 5.33. The third-order valence-electron chi connectivity index (χ3n) is 5.08. The van der Waals surface area contributed by atoms with Gasteiger partial charge in [-0.25, -0.2) is 17.7 Å². The van der Waals surface area contributed by atoms with Crippen molar-refractivity contribution >= 4 is 15.9 Å². The maximum absolute atomic E-state index is 12.5. The van der Waals surface area contributed by atoms with Crippen LogP contribution in [0.5, 0.6) is 5.88 Å². The number of carbonyl (C=O) groups excluding carboxylic acids is 1. The minimum absolute atomic E-state index is 0.0820. The van der Waals surface area contributed by atoms with E-state index in [0.29, 0.717) is 11.4 Å². The number of aryl methyl sites for hydroxylation is 1. The maximum Gasteiger partial charge on any atom is 0.251 e. The van der Waals surface area contributed by atoms with E-state index < -0.39 is 10.0 Å². The van der Waals surface area contributed by atoms with E-state index in [4.69, 9.17) is 4.74 Å². The second-order valence-electron chi connectivity index (χ2n) is 7.55. The van der Waals surface area contributed by atoms with Crippen LogP contribution in [-0.4, -0.2) is 49.9 Å². The molecule has 1 aliphatic carbocycles. The zero-order valence-electron chi connectivity index (χ0n) is 17.0. The minimum Gasteiger partial charge on any atom is -0.474 e. The second kappa shape index (κ2) is 8.92. The zero-order valence-corrected chi connectivity index (χ0v) is 17.8. The van der Waals surface area contributed by atoms with Crippen LogP contribution in [0.1, 0.15) is 41.6 Å². The second-order valence-corrected chi connectivity index (χ2v) is 9.70. The summed E-state index contributed by atoms with van der Waals surface area (Å²) in [6.07, 6.45) is 5.25. The van der Waals surface area contributed by atoms with E-state index in [-0.39, 0.29) is 22.9 Å². The van der Waals surface area contributed by atoms with Crippen LogP contribution in [0.25, 0.3) is 0 Å². The Kier molecular flexibility index (Phi) is 6.54. The number of aromatic nitrogens is 1. The van der Waals surface area contributed by atoms with Gasteiger partial charge in [-0.15, -0.1) is 0 Å². The molecule has 1 N–H and O–H groups in total. The number of sulfonamides is 1. The van der Waals surface area contributed by atoms with Crippen LogP contribution in [-0.2, 0) is 10.0 Å². The third-order valence-corrected chi connectivity index (χ3v) is 6.91. The van der Waals surface area contributed by atoms with Gasteiger partial charge >= 0.3 is 0 Å². The number of amides is 1. The Morgan fingerprint density at radius 3 is 2.28 bits per heavy atom. The molecule has 1 aromatic heterocycles. The lowest BCUT2D eigenvalue weighted by Crippen LogP contribution is -2.39. The van der Waals surface area contributed by atoms with Gasteiger partial charge in [-0.3, -0.25) is 4.79 Å². The quantitative estimate of drug-likeness (QED) is 0.781. The number of benzene rings is 1. The first-order valence-corrected chi connectivity index (χ1v) is 11.1. The molecule has 0 aliphatic heterocycles. The zero-order chi connectivity index (χ0) is 21.0. The van der Waals surface area contributed by atoms with E-state index in [0.717, 1.165) is 35.6 Å². The summed E-state index contributed by atoms with van der Waals surface area (Å²) < 4.78 is 31.3. The molecule has 1 saturated carbocycles. The Labute approximate surface area is 172 Å². The summed E-state index contributed by atoms with van der Waals surface area (Å²) in [7, 11) is -0.544. The van der Waals surface area contributed by atoms with Crippen molar-refractivity contribution in [3.63, 3.8) is 0 Å². The standard InChI is InChI=1S/C21H27N3O4S/c1-15-4-13-20(22-14-15)28-18-9-7-17(8-10-18)23-21(25)16-5-11-19(12-6-16)29(26,27)24(2)3/h4-6,11-14,17-18H,7-10H2,1-3H3,(H,23,25). The molecule has 1 heterocycles. The summed E-state index contributed by atoms with van der Waals surface area (Å²) in [6.45, 7) is 1.99. The number of rotatable bonds is 6. The number of hydrogen-bond donors (Lipinski definition) is 1. The van der Waals surface area contributed by atoms with Gasteiger partial charge in [-0.05, 0) is 62.4 Å². The van der Waals surface area contributed by atoms with Crippen molar-refractivity contribution < 1.29 is 17.9 Å².